The summed E-state index contributed by atoms with van der Waals surface area (Å²) in [6.07, 6.45) is 1.17. The minimum atomic E-state index is 0. The molecule has 0 spiro atoms. The van der Waals surface area contributed by atoms with Gasteiger partial charge in [-0.1, -0.05) is 30.3 Å². The van der Waals surface area contributed by atoms with Gasteiger partial charge in [-0.15, -0.1) is 0 Å². The van der Waals surface area contributed by atoms with Gasteiger partial charge in [-0.05, 0) is 5.56 Å². The Morgan fingerprint density at radius 2 is 1.54 bits per heavy atom. The molecule has 0 aliphatic heterocycles. The monoisotopic (exact) mass is 199 g/mol. The third kappa shape index (κ3) is 5.67. The van der Waals surface area contributed by atoms with Crippen LogP contribution in [0.2, 0.25) is 0 Å². The molecule has 0 radical (unpaired) electrons. The van der Waals surface area contributed by atoms with Crippen LogP contribution in [0.4, 0.5) is 0 Å². The maximum absolute atomic E-state index is 2.23. The quantitative estimate of drug-likeness (QED) is 0.545. The van der Waals surface area contributed by atoms with Gasteiger partial charge in [-0.3, -0.25) is 0 Å². The molecule has 0 aliphatic rings. The third-order valence-electron chi connectivity index (χ3n) is 1.91. The number of hydrogen-bond donors (Lipinski definition) is 0. The van der Waals surface area contributed by atoms with Crippen LogP contribution in [0.1, 0.15) is 5.56 Å². The summed E-state index contributed by atoms with van der Waals surface area (Å²) in [4.78, 5) is 0. The van der Waals surface area contributed by atoms with E-state index in [1.165, 1.54) is 18.5 Å². The van der Waals surface area contributed by atoms with E-state index in [2.05, 4.69) is 51.5 Å². The van der Waals surface area contributed by atoms with Gasteiger partial charge < -0.3 is 16.9 Å². The van der Waals surface area contributed by atoms with Gasteiger partial charge in [0.2, 0.25) is 0 Å². The van der Waals surface area contributed by atoms with E-state index in [0.717, 1.165) is 4.48 Å². The van der Waals surface area contributed by atoms with E-state index >= 15 is 0 Å². The Morgan fingerprint density at radius 3 is 2.00 bits per heavy atom. The highest BCUT2D eigenvalue weighted by Crippen LogP contribution is 2.02. The molecule has 74 valence electrons. The Balaban J connectivity index is 0.00000144. The normalized spacial score (nSPS) is 10.7. The van der Waals surface area contributed by atoms with Gasteiger partial charge in [0.15, 0.2) is 0 Å². The molecule has 0 unspecified atom stereocenters. The highest BCUT2D eigenvalue weighted by atomic mass is 35.5. The Kier molecular flexibility index (Phi) is 5.04. The number of likely N-dealkylation sites (N-methyl/N-ethyl adjacent to an activating group) is 1. The molecular weight excluding hydrogens is 182 g/mol. The fourth-order valence-corrected chi connectivity index (χ4v) is 1.11. The molecule has 0 aliphatic carbocycles. The van der Waals surface area contributed by atoms with Gasteiger partial charge in [0.05, 0.1) is 27.7 Å². The lowest BCUT2D eigenvalue weighted by Crippen LogP contribution is -3.00. The molecule has 1 aromatic carbocycles. The van der Waals surface area contributed by atoms with Crippen molar-refractivity contribution >= 4 is 0 Å². The highest BCUT2D eigenvalue weighted by molar-refractivity contribution is 5.14. The number of halogens is 1. The van der Waals surface area contributed by atoms with Crippen LogP contribution in [0.5, 0.6) is 0 Å². The molecule has 0 aromatic heterocycles. The van der Waals surface area contributed by atoms with Crippen molar-refractivity contribution in [2.45, 2.75) is 6.42 Å². The lowest BCUT2D eigenvalue weighted by molar-refractivity contribution is -0.870. The predicted molar refractivity (Wildman–Crippen MR) is 53.0 cm³/mol. The van der Waals surface area contributed by atoms with E-state index in [4.69, 9.17) is 0 Å². The summed E-state index contributed by atoms with van der Waals surface area (Å²) in [5.41, 5.74) is 1.44. The Bertz CT molecular complexity index is 226. The Labute approximate surface area is 87.4 Å². The molecule has 0 saturated carbocycles. The Morgan fingerprint density at radius 1 is 1.00 bits per heavy atom. The molecule has 0 atom stereocenters. The van der Waals surface area contributed by atoms with E-state index in [0.29, 0.717) is 0 Å². The second-order valence-electron chi connectivity index (χ2n) is 4.25. The minimum Gasteiger partial charge on any atom is -1.00 e. The van der Waals surface area contributed by atoms with Crippen molar-refractivity contribution in [1.29, 1.82) is 0 Å². The zero-order valence-corrected chi connectivity index (χ0v) is 9.38. The predicted octanol–water partition coefficient (Wildman–Crippen LogP) is -1.06. The maximum Gasteiger partial charge on any atom is 0.0821 e. The summed E-state index contributed by atoms with van der Waals surface area (Å²) >= 11 is 0. The van der Waals surface area contributed by atoms with Crippen LogP contribution >= 0.6 is 0 Å². The van der Waals surface area contributed by atoms with Crippen molar-refractivity contribution in [2.75, 3.05) is 27.7 Å². The average Bonchev–Trinajstić information content (AvgIpc) is 2.02. The van der Waals surface area contributed by atoms with E-state index in [-0.39, 0.29) is 12.4 Å². The highest BCUT2D eigenvalue weighted by Gasteiger charge is 2.05. The average molecular weight is 200 g/mol. The second kappa shape index (κ2) is 5.25. The first-order valence-electron chi connectivity index (χ1n) is 4.42. The van der Waals surface area contributed by atoms with E-state index < -0.39 is 0 Å². The summed E-state index contributed by atoms with van der Waals surface area (Å²) < 4.78 is 1.04. The van der Waals surface area contributed by atoms with Crippen LogP contribution in [-0.4, -0.2) is 32.2 Å². The first-order chi connectivity index (χ1) is 5.58. The molecule has 0 saturated heterocycles. The fraction of sp³-hybridized carbons (Fsp3) is 0.455. The molecule has 0 fully saturated rings. The zero-order valence-electron chi connectivity index (χ0n) is 8.63. The van der Waals surface area contributed by atoms with Gasteiger partial charge in [0, 0.05) is 6.42 Å². The molecule has 1 rings (SSSR count). The zero-order chi connectivity index (χ0) is 9.03. The van der Waals surface area contributed by atoms with Crippen LogP contribution in [0.15, 0.2) is 30.3 Å². The topological polar surface area (TPSA) is 0 Å². The minimum absolute atomic E-state index is 0. The number of rotatable bonds is 3. The lowest BCUT2D eigenvalue weighted by Gasteiger charge is -2.23. The van der Waals surface area contributed by atoms with Crippen molar-refractivity contribution in [3.63, 3.8) is 0 Å². The summed E-state index contributed by atoms with van der Waals surface area (Å²) in [5, 5.41) is 0. The standard InChI is InChI=1S/C11H18N.ClH/c1-12(2,3)10-9-11-7-5-4-6-8-11;/h4-8H,9-10H2,1-3H3;1H/q+1;/p-1. The van der Waals surface area contributed by atoms with Crippen LogP contribution in [0.3, 0.4) is 0 Å². The van der Waals surface area contributed by atoms with Crippen molar-refractivity contribution in [2.24, 2.45) is 0 Å². The van der Waals surface area contributed by atoms with E-state index in [1.807, 2.05) is 0 Å². The SMILES string of the molecule is C[N+](C)(C)CCc1ccccc1.[Cl-]. The van der Waals surface area contributed by atoms with Gasteiger partial charge >= 0.3 is 0 Å². The Hall–Kier alpha value is -0.530. The number of quaternary nitrogens is 1. The van der Waals surface area contributed by atoms with Gasteiger partial charge in [-0.2, -0.15) is 0 Å². The summed E-state index contributed by atoms with van der Waals surface area (Å²) in [6, 6.07) is 10.6. The summed E-state index contributed by atoms with van der Waals surface area (Å²) in [5.74, 6) is 0. The van der Waals surface area contributed by atoms with Crippen LogP contribution in [0, 0.1) is 0 Å². The molecule has 13 heavy (non-hydrogen) atoms. The number of hydrogen-bond acceptors (Lipinski definition) is 0. The van der Waals surface area contributed by atoms with Gasteiger partial charge in [0.25, 0.3) is 0 Å². The molecular formula is C11H18ClN. The number of nitrogens with zero attached hydrogens (tertiary/aromatic N) is 1. The van der Waals surface area contributed by atoms with Crippen LogP contribution in [0.25, 0.3) is 0 Å². The second-order valence-corrected chi connectivity index (χ2v) is 4.25. The molecule has 0 bridgehead atoms. The van der Waals surface area contributed by atoms with Crippen molar-refractivity contribution < 1.29 is 16.9 Å². The third-order valence-corrected chi connectivity index (χ3v) is 1.91. The first kappa shape index (κ1) is 12.5. The lowest BCUT2D eigenvalue weighted by atomic mass is 10.1. The van der Waals surface area contributed by atoms with Crippen LogP contribution < -0.4 is 12.4 Å². The van der Waals surface area contributed by atoms with Gasteiger partial charge in [-0.25, -0.2) is 0 Å². The molecule has 1 nitrogen and oxygen atoms in total. The fourth-order valence-electron chi connectivity index (χ4n) is 1.11. The molecule has 2 heteroatoms. The maximum atomic E-state index is 2.23. The summed E-state index contributed by atoms with van der Waals surface area (Å²) in [6.45, 7) is 1.20. The van der Waals surface area contributed by atoms with Gasteiger partial charge in [0.1, 0.15) is 0 Å². The largest absolute Gasteiger partial charge is 1.00 e. The number of benzene rings is 1. The van der Waals surface area contributed by atoms with Crippen molar-refractivity contribution in [3.8, 4) is 0 Å². The molecule has 0 heterocycles. The summed E-state index contributed by atoms with van der Waals surface area (Å²) in [7, 11) is 6.68. The van der Waals surface area contributed by atoms with E-state index in [1.54, 1.807) is 0 Å². The first-order valence-corrected chi connectivity index (χ1v) is 4.42. The van der Waals surface area contributed by atoms with Crippen molar-refractivity contribution in [1.82, 2.24) is 0 Å². The molecule has 1 aromatic rings. The van der Waals surface area contributed by atoms with Crippen LogP contribution in [-0.2, 0) is 6.42 Å². The van der Waals surface area contributed by atoms with E-state index in [9.17, 15) is 0 Å². The smallest absolute Gasteiger partial charge is 0.0821 e. The molecule has 0 N–H and O–H groups in total. The molecule has 0 amide bonds. The van der Waals surface area contributed by atoms with Crippen molar-refractivity contribution in [3.05, 3.63) is 35.9 Å².